The second kappa shape index (κ2) is 4.97. The summed E-state index contributed by atoms with van der Waals surface area (Å²) in [5.41, 5.74) is 1.18. The molecule has 0 aliphatic rings. The normalized spacial score (nSPS) is 9.69. The second-order valence-electron chi connectivity index (χ2n) is 2.73. The highest BCUT2D eigenvalue weighted by molar-refractivity contribution is 7.99. The first-order chi connectivity index (χ1) is 6.27. The predicted octanol–water partition coefficient (Wildman–Crippen LogP) is 3.28. The summed E-state index contributed by atoms with van der Waals surface area (Å²) in [5.74, 6) is 1.90. The molecular formula is C11H14OS. The fourth-order valence-corrected chi connectivity index (χ4v) is 1.83. The molecule has 1 aromatic carbocycles. The first kappa shape index (κ1) is 10.2. The zero-order valence-corrected chi connectivity index (χ0v) is 8.86. The Balaban J connectivity index is 2.76. The van der Waals surface area contributed by atoms with Crippen LogP contribution in [0.1, 0.15) is 5.56 Å². The van der Waals surface area contributed by atoms with E-state index in [0.717, 1.165) is 11.5 Å². The van der Waals surface area contributed by atoms with Crippen LogP contribution in [0.15, 0.2) is 35.7 Å². The molecule has 1 nitrogen and oxygen atoms in total. The summed E-state index contributed by atoms with van der Waals surface area (Å²) in [4.78, 5) is 1.26. The summed E-state index contributed by atoms with van der Waals surface area (Å²) in [6.45, 7) is 5.74. The van der Waals surface area contributed by atoms with Crippen molar-refractivity contribution in [3.8, 4) is 5.75 Å². The van der Waals surface area contributed by atoms with Crippen molar-refractivity contribution in [3.63, 3.8) is 0 Å². The quantitative estimate of drug-likeness (QED) is 0.537. The van der Waals surface area contributed by atoms with Gasteiger partial charge in [-0.05, 0) is 30.7 Å². The molecule has 0 amide bonds. The Morgan fingerprint density at radius 1 is 1.54 bits per heavy atom. The molecule has 70 valence electrons. The Labute approximate surface area is 83.8 Å². The van der Waals surface area contributed by atoms with Gasteiger partial charge >= 0.3 is 0 Å². The van der Waals surface area contributed by atoms with Crippen LogP contribution < -0.4 is 4.74 Å². The minimum Gasteiger partial charge on any atom is -0.496 e. The first-order valence-corrected chi connectivity index (χ1v) is 5.15. The summed E-state index contributed by atoms with van der Waals surface area (Å²) in [5, 5.41) is 0. The number of hydrogen-bond donors (Lipinski definition) is 0. The van der Waals surface area contributed by atoms with Crippen LogP contribution in [0.2, 0.25) is 0 Å². The standard InChI is InChI=1S/C11H14OS/c1-4-7-13-10-5-6-11(12-3)9(2)8-10/h4-6,8H,1,7H2,2-3H3. The van der Waals surface area contributed by atoms with Crippen molar-refractivity contribution in [2.45, 2.75) is 11.8 Å². The molecule has 0 spiro atoms. The number of thioether (sulfide) groups is 1. The summed E-state index contributed by atoms with van der Waals surface area (Å²) in [7, 11) is 1.69. The van der Waals surface area contributed by atoms with Crippen molar-refractivity contribution >= 4 is 11.8 Å². The van der Waals surface area contributed by atoms with Crippen LogP contribution >= 0.6 is 11.8 Å². The van der Waals surface area contributed by atoms with Gasteiger partial charge in [-0.15, -0.1) is 18.3 Å². The smallest absolute Gasteiger partial charge is 0.121 e. The lowest BCUT2D eigenvalue weighted by Crippen LogP contribution is -1.86. The minimum atomic E-state index is 0.947. The molecule has 0 radical (unpaired) electrons. The van der Waals surface area contributed by atoms with E-state index < -0.39 is 0 Å². The van der Waals surface area contributed by atoms with E-state index >= 15 is 0 Å². The SMILES string of the molecule is C=CCSc1ccc(OC)c(C)c1. The maximum Gasteiger partial charge on any atom is 0.121 e. The topological polar surface area (TPSA) is 9.23 Å². The van der Waals surface area contributed by atoms with Gasteiger partial charge in [0.2, 0.25) is 0 Å². The fraction of sp³-hybridized carbons (Fsp3) is 0.273. The van der Waals surface area contributed by atoms with Gasteiger partial charge in [0.25, 0.3) is 0 Å². The van der Waals surface area contributed by atoms with Gasteiger partial charge in [-0.25, -0.2) is 0 Å². The van der Waals surface area contributed by atoms with E-state index in [4.69, 9.17) is 4.74 Å². The lowest BCUT2D eigenvalue weighted by Gasteiger charge is -2.05. The Morgan fingerprint density at radius 2 is 2.31 bits per heavy atom. The molecule has 0 aliphatic heterocycles. The highest BCUT2D eigenvalue weighted by atomic mass is 32.2. The molecule has 0 unspecified atom stereocenters. The third kappa shape index (κ3) is 2.81. The molecule has 1 rings (SSSR count). The maximum atomic E-state index is 5.18. The number of methoxy groups -OCH3 is 1. The van der Waals surface area contributed by atoms with Gasteiger partial charge in [-0.1, -0.05) is 6.08 Å². The Bertz CT molecular complexity index is 294. The number of rotatable bonds is 4. The van der Waals surface area contributed by atoms with E-state index in [0.29, 0.717) is 0 Å². The summed E-state index contributed by atoms with van der Waals surface area (Å²) >= 11 is 1.78. The first-order valence-electron chi connectivity index (χ1n) is 4.16. The van der Waals surface area contributed by atoms with Gasteiger partial charge in [-0.3, -0.25) is 0 Å². The van der Waals surface area contributed by atoms with Gasteiger partial charge < -0.3 is 4.74 Å². The molecule has 0 fully saturated rings. The Morgan fingerprint density at radius 3 is 2.85 bits per heavy atom. The van der Waals surface area contributed by atoms with E-state index in [2.05, 4.69) is 25.6 Å². The van der Waals surface area contributed by atoms with Crippen LogP contribution in [0.4, 0.5) is 0 Å². The second-order valence-corrected chi connectivity index (χ2v) is 3.82. The molecule has 0 saturated heterocycles. The van der Waals surface area contributed by atoms with Gasteiger partial charge in [-0.2, -0.15) is 0 Å². The van der Waals surface area contributed by atoms with Crippen molar-refractivity contribution in [1.29, 1.82) is 0 Å². The number of benzene rings is 1. The fourth-order valence-electron chi connectivity index (χ4n) is 1.10. The third-order valence-corrected chi connectivity index (χ3v) is 2.72. The lowest BCUT2D eigenvalue weighted by atomic mass is 10.2. The van der Waals surface area contributed by atoms with Crippen molar-refractivity contribution in [2.75, 3.05) is 12.9 Å². The predicted molar refractivity (Wildman–Crippen MR) is 58.7 cm³/mol. The summed E-state index contributed by atoms with van der Waals surface area (Å²) < 4.78 is 5.18. The largest absolute Gasteiger partial charge is 0.496 e. The van der Waals surface area contributed by atoms with E-state index in [1.54, 1.807) is 18.9 Å². The van der Waals surface area contributed by atoms with Gasteiger partial charge in [0.1, 0.15) is 5.75 Å². The van der Waals surface area contributed by atoms with Crippen molar-refractivity contribution < 1.29 is 4.74 Å². The molecule has 0 aliphatic carbocycles. The van der Waals surface area contributed by atoms with E-state index in [1.807, 2.05) is 12.1 Å². The zero-order valence-electron chi connectivity index (χ0n) is 8.04. The van der Waals surface area contributed by atoms with Gasteiger partial charge in [0.15, 0.2) is 0 Å². The van der Waals surface area contributed by atoms with Crippen molar-refractivity contribution in [2.24, 2.45) is 0 Å². The molecule has 0 aromatic heterocycles. The van der Waals surface area contributed by atoms with E-state index in [1.165, 1.54) is 10.5 Å². The maximum absolute atomic E-state index is 5.18. The summed E-state index contributed by atoms with van der Waals surface area (Å²) in [6.07, 6.45) is 1.91. The minimum absolute atomic E-state index is 0.947. The molecule has 0 saturated carbocycles. The average Bonchev–Trinajstić information content (AvgIpc) is 2.15. The Kier molecular flexibility index (Phi) is 3.90. The number of hydrogen-bond acceptors (Lipinski definition) is 2. The van der Waals surface area contributed by atoms with Crippen LogP contribution in [0.3, 0.4) is 0 Å². The number of aryl methyl sites for hydroxylation is 1. The molecular weight excluding hydrogens is 180 g/mol. The molecule has 1 aromatic rings. The Hall–Kier alpha value is -0.890. The van der Waals surface area contributed by atoms with Crippen LogP contribution in [0, 0.1) is 6.92 Å². The van der Waals surface area contributed by atoms with Crippen molar-refractivity contribution in [1.82, 2.24) is 0 Å². The van der Waals surface area contributed by atoms with Crippen LogP contribution in [-0.4, -0.2) is 12.9 Å². The molecule has 2 heteroatoms. The molecule has 0 heterocycles. The number of ether oxygens (including phenoxy) is 1. The molecule has 13 heavy (non-hydrogen) atoms. The van der Waals surface area contributed by atoms with E-state index in [9.17, 15) is 0 Å². The summed E-state index contributed by atoms with van der Waals surface area (Å²) in [6, 6.07) is 6.20. The third-order valence-electron chi connectivity index (χ3n) is 1.73. The monoisotopic (exact) mass is 194 g/mol. The van der Waals surface area contributed by atoms with Gasteiger partial charge in [0.05, 0.1) is 7.11 Å². The van der Waals surface area contributed by atoms with Gasteiger partial charge in [0, 0.05) is 10.6 Å². The average molecular weight is 194 g/mol. The van der Waals surface area contributed by atoms with Crippen LogP contribution in [0.25, 0.3) is 0 Å². The molecule has 0 bridgehead atoms. The van der Waals surface area contributed by atoms with Crippen LogP contribution in [0.5, 0.6) is 5.75 Å². The van der Waals surface area contributed by atoms with Crippen molar-refractivity contribution in [3.05, 3.63) is 36.4 Å². The highest BCUT2D eigenvalue weighted by Crippen LogP contribution is 2.25. The van der Waals surface area contributed by atoms with E-state index in [-0.39, 0.29) is 0 Å². The zero-order chi connectivity index (χ0) is 9.68. The highest BCUT2D eigenvalue weighted by Gasteiger charge is 1.98. The molecule has 0 N–H and O–H groups in total. The van der Waals surface area contributed by atoms with Crippen LogP contribution in [-0.2, 0) is 0 Å². The molecule has 0 atom stereocenters. The lowest BCUT2D eigenvalue weighted by molar-refractivity contribution is 0.411.